The molecule has 0 unspecified atom stereocenters. The number of rotatable bonds is 7. The number of pyridine rings is 1. The van der Waals surface area contributed by atoms with E-state index in [-0.39, 0.29) is 17.9 Å². The Morgan fingerprint density at radius 1 is 1.00 bits per heavy atom. The average Bonchev–Trinajstić information content (AvgIpc) is 2.74. The summed E-state index contributed by atoms with van der Waals surface area (Å²) in [5, 5.41) is 24.0. The first-order valence-electron chi connectivity index (χ1n) is 9.64. The highest BCUT2D eigenvalue weighted by molar-refractivity contribution is 5.91. The van der Waals surface area contributed by atoms with Crippen molar-refractivity contribution in [1.82, 2.24) is 9.88 Å². The minimum atomic E-state index is -1.09. The lowest BCUT2D eigenvalue weighted by Crippen LogP contribution is -2.35. The second kappa shape index (κ2) is 9.62. The summed E-state index contributed by atoms with van der Waals surface area (Å²) in [5.74, 6) is -1.46. The molecule has 0 saturated carbocycles. The van der Waals surface area contributed by atoms with Crippen molar-refractivity contribution < 1.29 is 19.8 Å². The first-order valence-corrected chi connectivity index (χ1v) is 9.64. The molecule has 0 aliphatic rings. The van der Waals surface area contributed by atoms with E-state index in [4.69, 9.17) is 0 Å². The molecule has 0 bridgehead atoms. The van der Waals surface area contributed by atoms with E-state index in [9.17, 15) is 24.6 Å². The van der Waals surface area contributed by atoms with Crippen LogP contribution in [0.5, 0.6) is 5.75 Å². The predicted molar refractivity (Wildman–Crippen MR) is 116 cm³/mol. The number of anilines is 1. The third-order valence-electron chi connectivity index (χ3n) is 4.80. The molecule has 1 heterocycles. The smallest absolute Gasteiger partial charge is 0.319 e. The minimum Gasteiger partial charge on any atom is -0.505 e. The van der Waals surface area contributed by atoms with Gasteiger partial charge in [0, 0.05) is 13.2 Å². The van der Waals surface area contributed by atoms with Gasteiger partial charge in [-0.2, -0.15) is 0 Å². The first-order chi connectivity index (χ1) is 14.8. The van der Waals surface area contributed by atoms with Crippen LogP contribution in [-0.4, -0.2) is 26.8 Å². The number of carboxylic acids is 1. The number of hydrogen-bond acceptors (Lipinski definition) is 4. The Balaban J connectivity index is 1.74. The molecule has 3 rings (SSSR count). The van der Waals surface area contributed by atoms with Gasteiger partial charge in [0.2, 0.25) is 0 Å². The fourth-order valence-electron chi connectivity index (χ4n) is 3.17. The molecule has 2 amide bonds. The van der Waals surface area contributed by atoms with Crippen LogP contribution in [0.3, 0.4) is 0 Å². The minimum absolute atomic E-state index is 0.283. The van der Waals surface area contributed by atoms with Crippen LogP contribution in [0.4, 0.5) is 10.5 Å². The molecule has 0 saturated heterocycles. The third-order valence-corrected chi connectivity index (χ3v) is 4.80. The highest BCUT2D eigenvalue weighted by Gasteiger charge is 2.20. The van der Waals surface area contributed by atoms with E-state index >= 15 is 0 Å². The summed E-state index contributed by atoms with van der Waals surface area (Å²) in [6, 6.07) is 16.9. The normalized spacial score (nSPS) is 11.5. The van der Waals surface area contributed by atoms with Gasteiger partial charge in [0.1, 0.15) is 5.75 Å². The maximum Gasteiger partial charge on any atom is 0.319 e. The number of carbonyl (C=O) groups is 2. The van der Waals surface area contributed by atoms with Gasteiger partial charge >= 0.3 is 12.0 Å². The molecule has 0 fully saturated rings. The SMILES string of the molecule is Cn1ccc(O)c(NC(=O)N[C@@H](CC(=O)O)c2ccc(Cc3ccccc3)cc2)c1=O. The van der Waals surface area contributed by atoms with Gasteiger partial charge in [-0.1, -0.05) is 54.6 Å². The average molecular weight is 421 g/mol. The Kier molecular flexibility index (Phi) is 6.71. The molecule has 0 spiro atoms. The number of carboxylic acid groups (broad SMARTS) is 1. The Morgan fingerprint density at radius 3 is 2.29 bits per heavy atom. The van der Waals surface area contributed by atoms with Crippen LogP contribution in [0.2, 0.25) is 0 Å². The predicted octanol–water partition coefficient (Wildman–Crippen LogP) is 3.02. The molecule has 0 aliphatic heterocycles. The fourth-order valence-corrected chi connectivity index (χ4v) is 3.17. The van der Waals surface area contributed by atoms with Crippen molar-refractivity contribution in [1.29, 1.82) is 0 Å². The Labute approximate surface area is 178 Å². The number of aryl methyl sites for hydroxylation is 1. The van der Waals surface area contributed by atoms with Gasteiger partial charge in [0.15, 0.2) is 5.69 Å². The number of hydrogen-bond donors (Lipinski definition) is 4. The quantitative estimate of drug-likeness (QED) is 0.467. The van der Waals surface area contributed by atoms with Crippen molar-refractivity contribution in [2.24, 2.45) is 7.05 Å². The lowest BCUT2D eigenvalue weighted by Gasteiger charge is -2.18. The van der Waals surface area contributed by atoms with E-state index in [0.717, 1.165) is 17.5 Å². The second-order valence-corrected chi connectivity index (χ2v) is 7.14. The van der Waals surface area contributed by atoms with E-state index in [1.807, 2.05) is 42.5 Å². The van der Waals surface area contributed by atoms with Crippen molar-refractivity contribution in [3.63, 3.8) is 0 Å². The molecule has 160 valence electrons. The van der Waals surface area contributed by atoms with E-state index in [1.165, 1.54) is 23.9 Å². The van der Waals surface area contributed by atoms with Gasteiger partial charge in [-0.3, -0.25) is 9.59 Å². The topological polar surface area (TPSA) is 121 Å². The molecule has 1 aromatic heterocycles. The van der Waals surface area contributed by atoms with Crippen LogP contribution >= 0.6 is 0 Å². The zero-order chi connectivity index (χ0) is 22.4. The zero-order valence-electron chi connectivity index (χ0n) is 16.9. The van der Waals surface area contributed by atoms with Crippen LogP contribution < -0.4 is 16.2 Å². The number of carbonyl (C=O) groups excluding carboxylic acids is 1. The van der Waals surface area contributed by atoms with Gasteiger partial charge in [-0.25, -0.2) is 4.79 Å². The lowest BCUT2D eigenvalue weighted by atomic mass is 9.99. The molecular formula is C23H23N3O5. The van der Waals surface area contributed by atoms with E-state index < -0.39 is 23.6 Å². The summed E-state index contributed by atoms with van der Waals surface area (Å²) < 4.78 is 1.20. The highest BCUT2D eigenvalue weighted by Crippen LogP contribution is 2.21. The summed E-state index contributed by atoms with van der Waals surface area (Å²) in [6.07, 6.45) is 1.75. The standard InChI is InChI=1S/C23H23N3O5/c1-26-12-11-19(27)21(22(26)30)25-23(31)24-18(14-20(28)29)17-9-7-16(8-10-17)13-15-5-3-2-4-6-15/h2-12,18,27H,13-14H2,1H3,(H,28,29)(H2,24,25,31)/t18-/m0/s1. The number of aromatic nitrogens is 1. The maximum absolute atomic E-state index is 12.4. The number of benzene rings is 2. The molecule has 0 aliphatic carbocycles. The van der Waals surface area contributed by atoms with Crippen molar-refractivity contribution in [2.45, 2.75) is 18.9 Å². The van der Waals surface area contributed by atoms with E-state index in [1.54, 1.807) is 12.1 Å². The summed E-state index contributed by atoms with van der Waals surface area (Å²) in [4.78, 5) is 35.9. The number of urea groups is 1. The highest BCUT2D eigenvalue weighted by atomic mass is 16.4. The third kappa shape index (κ3) is 5.72. The molecule has 4 N–H and O–H groups in total. The summed E-state index contributed by atoms with van der Waals surface area (Å²) in [6.45, 7) is 0. The largest absolute Gasteiger partial charge is 0.505 e. The van der Waals surface area contributed by atoms with Crippen molar-refractivity contribution in [3.05, 3.63) is 93.9 Å². The monoisotopic (exact) mass is 421 g/mol. The van der Waals surface area contributed by atoms with Crippen molar-refractivity contribution in [2.75, 3.05) is 5.32 Å². The number of nitrogens with one attached hydrogen (secondary N) is 2. The first kappa shape index (κ1) is 21.6. The van der Waals surface area contributed by atoms with E-state index in [2.05, 4.69) is 10.6 Å². The summed E-state index contributed by atoms with van der Waals surface area (Å²) in [7, 11) is 1.48. The second-order valence-electron chi connectivity index (χ2n) is 7.14. The molecule has 1 atom stereocenters. The fraction of sp³-hybridized carbons (Fsp3) is 0.174. The Bertz CT molecular complexity index is 1120. The van der Waals surface area contributed by atoms with Crippen LogP contribution in [-0.2, 0) is 18.3 Å². The van der Waals surface area contributed by atoms with Gasteiger partial charge in [-0.05, 0) is 29.2 Å². The summed E-state index contributed by atoms with van der Waals surface area (Å²) >= 11 is 0. The van der Waals surface area contributed by atoms with Crippen molar-refractivity contribution >= 4 is 17.7 Å². The molecule has 3 aromatic rings. The van der Waals surface area contributed by atoms with E-state index in [0.29, 0.717) is 5.56 Å². The van der Waals surface area contributed by atoms with Gasteiger partial charge in [-0.15, -0.1) is 0 Å². The Hall–Kier alpha value is -4.07. The van der Waals surface area contributed by atoms with Crippen LogP contribution in [0.15, 0.2) is 71.7 Å². The van der Waals surface area contributed by atoms with Gasteiger partial charge in [0.25, 0.3) is 5.56 Å². The maximum atomic E-state index is 12.4. The number of nitrogens with zero attached hydrogens (tertiary/aromatic N) is 1. The Morgan fingerprint density at radius 2 is 1.65 bits per heavy atom. The number of aromatic hydroxyl groups is 1. The molecule has 31 heavy (non-hydrogen) atoms. The molecule has 0 radical (unpaired) electrons. The summed E-state index contributed by atoms with van der Waals surface area (Å²) in [5.41, 5.74) is 1.94. The molecule has 8 nitrogen and oxygen atoms in total. The van der Waals surface area contributed by atoms with Crippen LogP contribution in [0.1, 0.15) is 29.2 Å². The number of aliphatic carboxylic acids is 1. The molecule has 8 heteroatoms. The molecule has 2 aromatic carbocycles. The number of amides is 2. The molecular weight excluding hydrogens is 398 g/mol. The van der Waals surface area contributed by atoms with Gasteiger partial charge < -0.3 is 25.4 Å². The zero-order valence-corrected chi connectivity index (χ0v) is 16.9. The van der Waals surface area contributed by atoms with Gasteiger partial charge in [0.05, 0.1) is 12.5 Å². The lowest BCUT2D eigenvalue weighted by molar-refractivity contribution is -0.137. The van der Waals surface area contributed by atoms with Crippen LogP contribution in [0.25, 0.3) is 0 Å². The van der Waals surface area contributed by atoms with Crippen LogP contribution in [0, 0.1) is 0 Å². The van der Waals surface area contributed by atoms with Crippen molar-refractivity contribution in [3.8, 4) is 5.75 Å².